The molecule has 10 aromatic rings. The molecular weight excluding hydrogens is 641 g/mol. The molecule has 0 saturated carbocycles. The second kappa shape index (κ2) is 11.2. The van der Waals surface area contributed by atoms with Gasteiger partial charge in [0.05, 0.1) is 27.8 Å². The minimum atomic E-state index is -0.0620. The Morgan fingerprint density at radius 1 is 0.471 bits per heavy atom. The average molecular weight is 673 g/mol. The van der Waals surface area contributed by atoms with Crippen LogP contribution >= 0.6 is 11.3 Å². The van der Waals surface area contributed by atoms with Crippen molar-refractivity contribution in [3.8, 4) is 27.9 Å². The molecule has 0 amide bonds. The molecule has 0 spiro atoms. The molecule has 0 fully saturated rings. The van der Waals surface area contributed by atoms with Gasteiger partial charge in [0.25, 0.3) is 0 Å². The molecule has 1 atom stereocenters. The molecule has 0 saturated heterocycles. The van der Waals surface area contributed by atoms with Crippen molar-refractivity contribution < 1.29 is 0 Å². The molecule has 242 valence electrons. The Balaban J connectivity index is 1.02. The van der Waals surface area contributed by atoms with Gasteiger partial charge in [0, 0.05) is 48.7 Å². The number of rotatable bonds is 4. The number of aromatic nitrogens is 2. The van der Waals surface area contributed by atoms with Crippen LogP contribution in [0.2, 0.25) is 0 Å². The summed E-state index contributed by atoms with van der Waals surface area (Å²) in [6.07, 6.45) is -0.0620. The minimum Gasteiger partial charge on any atom is -0.351 e. The fraction of sp³-hybridized carbons (Fsp3) is 0.0435. The van der Waals surface area contributed by atoms with Gasteiger partial charge in [-0.25, -0.2) is 0 Å². The second-order valence-electron chi connectivity index (χ2n) is 13.4. The fourth-order valence-electron chi connectivity index (χ4n) is 8.24. The second-order valence-corrected chi connectivity index (χ2v) is 14.6. The van der Waals surface area contributed by atoms with Crippen molar-refractivity contribution in [2.75, 3.05) is 5.32 Å². The summed E-state index contributed by atoms with van der Waals surface area (Å²) in [4.78, 5) is 1.36. The number of hydrogen-bond acceptors (Lipinski definition) is 3. The van der Waals surface area contributed by atoms with Gasteiger partial charge in [0.1, 0.15) is 0 Å². The molecule has 3 aromatic heterocycles. The third-order valence-electron chi connectivity index (χ3n) is 10.6. The van der Waals surface area contributed by atoms with E-state index in [0.717, 1.165) is 12.2 Å². The van der Waals surface area contributed by atoms with E-state index in [9.17, 15) is 0 Å². The molecule has 1 aliphatic heterocycles. The SMILES string of the molecule is c1ccc(-c2ccc(-n3c4ccccc4c4cc(-c5ccc6c(c5)c5ccccc5n6C5NCc6sc7ccccc7c6N5)ccc43)cc2)cc1. The third kappa shape index (κ3) is 4.42. The van der Waals surface area contributed by atoms with Crippen molar-refractivity contribution in [2.24, 2.45) is 0 Å². The maximum atomic E-state index is 3.88. The number of para-hydroxylation sites is 2. The molecule has 1 aliphatic rings. The van der Waals surface area contributed by atoms with E-state index in [-0.39, 0.29) is 6.29 Å². The summed E-state index contributed by atoms with van der Waals surface area (Å²) in [5.41, 5.74) is 12.1. The Morgan fingerprint density at radius 3 is 1.80 bits per heavy atom. The Morgan fingerprint density at radius 2 is 1.02 bits per heavy atom. The van der Waals surface area contributed by atoms with Crippen molar-refractivity contribution in [1.82, 2.24) is 14.5 Å². The summed E-state index contributed by atoms with van der Waals surface area (Å²) in [6, 6.07) is 59.7. The number of nitrogens with zero attached hydrogens (tertiary/aromatic N) is 2. The first-order valence-corrected chi connectivity index (χ1v) is 18.3. The van der Waals surface area contributed by atoms with Gasteiger partial charge in [-0.3, -0.25) is 5.32 Å². The zero-order valence-corrected chi connectivity index (χ0v) is 28.5. The summed E-state index contributed by atoms with van der Waals surface area (Å²) in [7, 11) is 0. The summed E-state index contributed by atoms with van der Waals surface area (Å²) >= 11 is 1.87. The van der Waals surface area contributed by atoms with Crippen molar-refractivity contribution in [1.29, 1.82) is 0 Å². The van der Waals surface area contributed by atoms with Crippen LogP contribution in [-0.2, 0) is 6.54 Å². The number of anilines is 1. The van der Waals surface area contributed by atoms with E-state index < -0.39 is 0 Å². The van der Waals surface area contributed by atoms with E-state index in [0.29, 0.717) is 0 Å². The predicted molar refractivity (Wildman–Crippen MR) is 216 cm³/mol. The molecule has 2 N–H and O–H groups in total. The van der Waals surface area contributed by atoms with Crippen LogP contribution < -0.4 is 10.6 Å². The van der Waals surface area contributed by atoms with Crippen LogP contribution in [0.25, 0.3) is 81.6 Å². The van der Waals surface area contributed by atoms with Crippen molar-refractivity contribution in [3.05, 3.63) is 169 Å². The highest BCUT2D eigenvalue weighted by Crippen LogP contribution is 2.42. The van der Waals surface area contributed by atoms with Crippen LogP contribution in [-0.4, -0.2) is 9.13 Å². The third-order valence-corrected chi connectivity index (χ3v) is 11.8. The van der Waals surface area contributed by atoms with Gasteiger partial charge in [-0.2, -0.15) is 0 Å². The van der Waals surface area contributed by atoms with Crippen LogP contribution in [0.1, 0.15) is 11.2 Å². The highest BCUT2D eigenvalue weighted by atomic mass is 32.1. The number of nitrogens with one attached hydrogen (secondary N) is 2. The van der Waals surface area contributed by atoms with Crippen LogP contribution in [0.15, 0.2) is 164 Å². The Bertz CT molecular complexity index is 2950. The lowest BCUT2D eigenvalue weighted by Gasteiger charge is -2.29. The summed E-state index contributed by atoms with van der Waals surface area (Å²) < 4.78 is 6.15. The van der Waals surface area contributed by atoms with Crippen LogP contribution in [0.4, 0.5) is 5.69 Å². The molecule has 4 nitrogen and oxygen atoms in total. The highest BCUT2D eigenvalue weighted by molar-refractivity contribution is 7.19. The van der Waals surface area contributed by atoms with Gasteiger partial charge in [-0.1, -0.05) is 109 Å². The lowest BCUT2D eigenvalue weighted by atomic mass is 10.0. The zero-order chi connectivity index (χ0) is 33.5. The van der Waals surface area contributed by atoms with Crippen molar-refractivity contribution >= 4 is 70.7 Å². The van der Waals surface area contributed by atoms with Gasteiger partial charge in [-0.15, -0.1) is 11.3 Å². The molecular formula is C46H32N4S. The van der Waals surface area contributed by atoms with Crippen molar-refractivity contribution in [3.63, 3.8) is 0 Å². The monoisotopic (exact) mass is 672 g/mol. The quantitative estimate of drug-likeness (QED) is 0.195. The molecule has 0 bridgehead atoms. The molecule has 4 heterocycles. The largest absolute Gasteiger partial charge is 0.351 e. The number of thiophene rings is 1. The van der Waals surface area contributed by atoms with E-state index in [2.05, 4.69) is 184 Å². The lowest BCUT2D eigenvalue weighted by Crippen LogP contribution is -2.36. The molecule has 5 heteroatoms. The van der Waals surface area contributed by atoms with Crippen LogP contribution in [0, 0.1) is 0 Å². The van der Waals surface area contributed by atoms with Crippen LogP contribution in [0.5, 0.6) is 0 Å². The number of benzene rings is 7. The topological polar surface area (TPSA) is 33.9 Å². The Hall–Kier alpha value is -6.14. The Labute approximate surface area is 298 Å². The van der Waals surface area contributed by atoms with Gasteiger partial charge >= 0.3 is 0 Å². The summed E-state index contributed by atoms with van der Waals surface area (Å²) in [5, 5.41) is 14.0. The predicted octanol–water partition coefficient (Wildman–Crippen LogP) is 12.1. The van der Waals surface area contributed by atoms with Gasteiger partial charge in [0.2, 0.25) is 0 Å². The van der Waals surface area contributed by atoms with Crippen molar-refractivity contribution in [2.45, 2.75) is 12.8 Å². The fourth-order valence-corrected chi connectivity index (χ4v) is 9.36. The molecule has 1 unspecified atom stereocenters. The smallest absolute Gasteiger partial charge is 0.160 e. The Kier molecular flexibility index (Phi) is 6.29. The van der Waals surface area contributed by atoms with Crippen LogP contribution in [0.3, 0.4) is 0 Å². The maximum Gasteiger partial charge on any atom is 0.160 e. The first-order valence-electron chi connectivity index (χ1n) is 17.5. The lowest BCUT2D eigenvalue weighted by molar-refractivity contribution is 0.459. The molecule has 11 rings (SSSR count). The number of fused-ring (bicyclic) bond motifs is 9. The zero-order valence-electron chi connectivity index (χ0n) is 27.7. The van der Waals surface area contributed by atoms with E-state index in [4.69, 9.17) is 0 Å². The molecule has 51 heavy (non-hydrogen) atoms. The highest BCUT2D eigenvalue weighted by Gasteiger charge is 2.25. The van der Waals surface area contributed by atoms with E-state index in [1.165, 1.54) is 86.5 Å². The normalized spacial score (nSPS) is 14.5. The average Bonchev–Trinajstić information content (AvgIpc) is 3.85. The van der Waals surface area contributed by atoms with Gasteiger partial charge in [0.15, 0.2) is 6.29 Å². The first-order chi connectivity index (χ1) is 25.3. The van der Waals surface area contributed by atoms with E-state index >= 15 is 0 Å². The standard InChI is InChI=1S/C46H32N4S/c1-2-10-29(11-3-1)30-18-22-33(23-19-30)49-39-15-7-4-12-34(39)37-26-31(20-24-41(37)49)32-21-25-42-38(27-32)35-13-5-8-16-40(35)50(42)46-47-28-44-45(48-46)36-14-6-9-17-43(36)51-44/h1-27,46-48H,28H2. The summed E-state index contributed by atoms with van der Waals surface area (Å²) in [5.74, 6) is 0. The van der Waals surface area contributed by atoms with Gasteiger partial charge < -0.3 is 14.5 Å². The summed E-state index contributed by atoms with van der Waals surface area (Å²) in [6.45, 7) is 0.837. The maximum absolute atomic E-state index is 3.88. The first kappa shape index (κ1) is 28.7. The molecule has 7 aromatic carbocycles. The molecule has 0 aliphatic carbocycles. The number of hydrogen-bond donors (Lipinski definition) is 2. The van der Waals surface area contributed by atoms with E-state index in [1.807, 2.05) is 11.3 Å². The van der Waals surface area contributed by atoms with E-state index in [1.54, 1.807) is 0 Å². The molecule has 0 radical (unpaired) electrons. The van der Waals surface area contributed by atoms with Gasteiger partial charge in [-0.05, 0) is 76.9 Å². The minimum absolute atomic E-state index is 0.0620.